The number of methoxy groups -OCH3 is 1. The number of ether oxygens (including phenoxy) is 1. The molecule has 3 rings (SSSR count). The molecule has 8 nitrogen and oxygen atoms in total. The van der Waals surface area contributed by atoms with Crippen molar-refractivity contribution in [2.75, 3.05) is 20.7 Å². The number of benzene rings is 1. The average Bonchev–Trinajstić information content (AvgIpc) is 3.07. The summed E-state index contributed by atoms with van der Waals surface area (Å²) in [7, 11) is 3.33. The second-order valence-corrected chi connectivity index (χ2v) is 7.18. The predicted octanol–water partition coefficient (Wildman–Crippen LogP) is 1.91. The molecule has 1 aromatic carbocycles. The third-order valence-corrected chi connectivity index (χ3v) is 5.24. The lowest BCUT2D eigenvalue weighted by molar-refractivity contribution is -0.127. The van der Waals surface area contributed by atoms with Crippen molar-refractivity contribution in [3.8, 4) is 5.75 Å². The molecule has 1 aromatic rings. The summed E-state index contributed by atoms with van der Waals surface area (Å²) in [5.41, 5.74) is 1.05. The highest BCUT2D eigenvalue weighted by Crippen LogP contribution is 2.22. The molecule has 3 amide bonds. The normalized spacial score (nSPS) is 22.9. The van der Waals surface area contributed by atoms with E-state index in [1.807, 2.05) is 29.2 Å². The first-order valence-electron chi connectivity index (χ1n) is 9.83. The number of amides is 3. The Hall–Kier alpha value is -2.77. The molecule has 2 heterocycles. The fourth-order valence-electron chi connectivity index (χ4n) is 3.57. The molecule has 2 aliphatic rings. The number of aliphatic imine (C=N–C) groups is 1. The summed E-state index contributed by atoms with van der Waals surface area (Å²) in [5, 5.41) is 5.72. The van der Waals surface area contributed by atoms with E-state index in [0.717, 1.165) is 43.5 Å². The number of rotatable bonds is 8. The molecule has 2 aliphatic heterocycles. The van der Waals surface area contributed by atoms with Gasteiger partial charge in [0.2, 0.25) is 0 Å². The smallest absolute Gasteiger partial charge is 0.325 e. The number of urea groups is 1. The zero-order chi connectivity index (χ0) is 20.1. The quantitative estimate of drug-likeness (QED) is 0.666. The largest absolute Gasteiger partial charge is 0.497 e. The van der Waals surface area contributed by atoms with Crippen molar-refractivity contribution in [3.05, 3.63) is 29.8 Å². The maximum atomic E-state index is 12.5. The number of imide groups is 1. The zero-order valence-electron chi connectivity index (χ0n) is 16.8. The van der Waals surface area contributed by atoms with Crippen LogP contribution in [0.15, 0.2) is 29.3 Å². The molecule has 28 heavy (non-hydrogen) atoms. The monoisotopic (exact) mass is 387 g/mol. The Morgan fingerprint density at radius 2 is 1.89 bits per heavy atom. The fraction of sp³-hybridized carbons (Fsp3) is 0.550. The minimum Gasteiger partial charge on any atom is -0.497 e. The highest BCUT2D eigenvalue weighted by Gasteiger charge is 2.49. The van der Waals surface area contributed by atoms with Gasteiger partial charge in [0.05, 0.1) is 13.7 Å². The van der Waals surface area contributed by atoms with Gasteiger partial charge in [0.25, 0.3) is 5.91 Å². The Kier molecular flexibility index (Phi) is 6.38. The van der Waals surface area contributed by atoms with E-state index in [1.54, 1.807) is 14.2 Å². The van der Waals surface area contributed by atoms with Gasteiger partial charge in [0.15, 0.2) is 12.0 Å². The maximum Gasteiger partial charge on any atom is 0.325 e. The van der Waals surface area contributed by atoms with Crippen LogP contribution in [0.4, 0.5) is 4.79 Å². The number of carbonyl (C=O) groups is 2. The van der Waals surface area contributed by atoms with Gasteiger partial charge in [-0.3, -0.25) is 10.1 Å². The maximum absolute atomic E-state index is 12.5. The van der Waals surface area contributed by atoms with Crippen molar-refractivity contribution in [1.82, 2.24) is 20.4 Å². The molecule has 0 radical (unpaired) electrons. The van der Waals surface area contributed by atoms with Crippen LogP contribution in [0.25, 0.3) is 0 Å². The topological polar surface area (TPSA) is 86.3 Å². The lowest BCUT2D eigenvalue weighted by atomic mass is 10.1. The molecule has 0 spiro atoms. The van der Waals surface area contributed by atoms with Crippen molar-refractivity contribution in [2.45, 2.75) is 51.4 Å². The van der Waals surface area contributed by atoms with Crippen LogP contribution in [0.2, 0.25) is 0 Å². The number of hydrogen-bond acceptors (Lipinski definition) is 4. The molecule has 2 saturated heterocycles. The Balaban J connectivity index is 1.77. The molecule has 0 aliphatic carbocycles. The molecule has 2 fully saturated rings. The van der Waals surface area contributed by atoms with Crippen LogP contribution in [0.5, 0.6) is 5.75 Å². The third-order valence-electron chi connectivity index (χ3n) is 5.24. The molecule has 2 unspecified atom stereocenters. The van der Waals surface area contributed by atoms with E-state index in [4.69, 9.17) is 9.73 Å². The van der Waals surface area contributed by atoms with Crippen molar-refractivity contribution >= 4 is 17.9 Å². The van der Waals surface area contributed by atoms with Gasteiger partial charge in [0.1, 0.15) is 11.9 Å². The number of nitrogens with one attached hydrogen (secondary N) is 2. The van der Waals surface area contributed by atoms with Crippen molar-refractivity contribution in [2.24, 2.45) is 4.99 Å². The van der Waals surface area contributed by atoms with Crippen LogP contribution in [0, 0.1) is 0 Å². The van der Waals surface area contributed by atoms with E-state index >= 15 is 0 Å². The van der Waals surface area contributed by atoms with E-state index in [1.165, 1.54) is 4.90 Å². The second-order valence-electron chi connectivity index (χ2n) is 7.18. The van der Waals surface area contributed by atoms with E-state index in [2.05, 4.69) is 17.6 Å². The summed E-state index contributed by atoms with van der Waals surface area (Å²) in [6, 6.07) is 6.90. The molecule has 8 heteroatoms. The summed E-state index contributed by atoms with van der Waals surface area (Å²) in [6.45, 7) is 3.38. The molecule has 0 aromatic heterocycles. The number of hydrogen-bond donors (Lipinski definition) is 2. The highest BCUT2D eigenvalue weighted by atomic mass is 16.5. The molecular weight excluding hydrogens is 358 g/mol. The highest BCUT2D eigenvalue weighted by molar-refractivity contribution is 6.04. The van der Waals surface area contributed by atoms with Gasteiger partial charge < -0.3 is 19.9 Å². The first-order valence-corrected chi connectivity index (χ1v) is 9.83. The summed E-state index contributed by atoms with van der Waals surface area (Å²) in [4.78, 5) is 32.7. The summed E-state index contributed by atoms with van der Waals surface area (Å²) in [6.07, 6.45) is 4.00. The number of fused-ring (bicyclic) bond motifs is 1. The lowest BCUT2D eigenvalue weighted by Crippen LogP contribution is -2.64. The van der Waals surface area contributed by atoms with Gasteiger partial charge in [-0.15, -0.1) is 0 Å². The van der Waals surface area contributed by atoms with Gasteiger partial charge in [0, 0.05) is 13.6 Å². The number of nitrogens with zero attached hydrogens (tertiary/aromatic N) is 3. The zero-order valence-corrected chi connectivity index (χ0v) is 16.8. The van der Waals surface area contributed by atoms with Crippen LogP contribution < -0.4 is 15.4 Å². The first-order chi connectivity index (χ1) is 13.5. The van der Waals surface area contributed by atoms with Crippen molar-refractivity contribution in [1.29, 1.82) is 0 Å². The van der Waals surface area contributed by atoms with E-state index in [0.29, 0.717) is 12.5 Å². The van der Waals surface area contributed by atoms with Crippen LogP contribution in [0.1, 0.15) is 38.2 Å². The van der Waals surface area contributed by atoms with E-state index in [-0.39, 0.29) is 11.9 Å². The standard InChI is InChI=1S/C20H29N5O3/c1-4-5-6-7-12-25-16-17(24(2)20(27)23-18(16)26)22-19(25)21-13-14-8-10-15(28-3)11-9-14/h8-11,16-17H,4-7,12-13H2,1-3H3,(H,21,22)(H,23,26,27). The van der Waals surface area contributed by atoms with Gasteiger partial charge in [-0.2, -0.15) is 0 Å². The van der Waals surface area contributed by atoms with Crippen LogP contribution in [-0.2, 0) is 11.3 Å². The minimum atomic E-state index is -0.459. The summed E-state index contributed by atoms with van der Waals surface area (Å²) < 4.78 is 5.19. The average molecular weight is 387 g/mol. The van der Waals surface area contributed by atoms with Gasteiger partial charge >= 0.3 is 6.03 Å². The van der Waals surface area contributed by atoms with Crippen LogP contribution in [0.3, 0.4) is 0 Å². The van der Waals surface area contributed by atoms with E-state index in [9.17, 15) is 9.59 Å². The van der Waals surface area contributed by atoms with Gasteiger partial charge in [-0.1, -0.05) is 38.3 Å². The van der Waals surface area contributed by atoms with Crippen LogP contribution in [-0.4, -0.2) is 60.6 Å². The molecule has 0 bridgehead atoms. The van der Waals surface area contributed by atoms with Crippen molar-refractivity contribution < 1.29 is 14.3 Å². The Morgan fingerprint density at radius 1 is 1.14 bits per heavy atom. The molecular formula is C20H29N5O3. The Bertz CT molecular complexity index is 734. The Morgan fingerprint density at radius 3 is 2.57 bits per heavy atom. The number of guanidine groups is 1. The molecule has 2 atom stereocenters. The number of carbonyl (C=O) groups excluding carboxylic acids is 2. The van der Waals surface area contributed by atoms with Crippen molar-refractivity contribution in [3.63, 3.8) is 0 Å². The second kappa shape index (κ2) is 8.95. The summed E-state index contributed by atoms with van der Waals surface area (Å²) in [5.74, 6) is 1.19. The SMILES string of the molecule is CCCCCCN1C(=NCc2ccc(OC)cc2)NC2C1C(=O)NC(=O)N2C. The molecule has 0 saturated carbocycles. The lowest BCUT2D eigenvalue weighted by Gasteiger charge is -2.35. The van der Waals surface area contributed by atoms with Gasteiger partial charge in [-0.05, 0) is 24.1 Å². The predicted molar refractivity (Wildman–Crippen MR) is 107 cm³/mol. The Labute approximate surface area is 165 Å². The van der Waals surface area contributed by atoms with E-state index < -0.39 is 12.2 Å². The first kappa shape index (κ1) is 20.0. The summed E-state index contributed by atoms with van der Waals surface area (Å²) >= 11 is 0. The number of unbranched alkanes of at least 4 members (excludes halogenated alkanes) is 3. The van der Waals surface area contributed by atoms with Gasteiger partial charge in [-0.25, -0.2) is 9.79 Å². The fourth-order valence-corrected chi connectivity index (χ4v) is 3.57. The molecule has 152 valence electrons. The minimum absolute atomic E-state index is 0.272. The third kappa shape index (κ3) is 4.21. The number of likely N-dealkylation sites (N-methyl/N-ethyl adjacent to an activating group) is 1. The molecule has 2 N–H and O–H groups in total. The van der Waals surface area contributed by atoms with Crippen LogP contribution >= 0.6 is 0 Å².